The molecule has 1 aromatic heterocycles. The Balaban J connectivity index is 2.67. The fraction of sp³-hybridized carbons (Fsp3) is 0.455. The zero-order valence-corrected chi connectivity index (χ0v) is 12.3. The maximum absolute atomic E-state index is 13.3. The van der Waals surface area contributed by atoms with Crippen molar-refractivity contribution >= 4 is 33.5 Å². The first-order chi connectivity index (χ1) is 7.80. The normalized spacial score (nSPS) is 14.2. The first-order valence-corrected chi connectivity index (χ1v) is 6.96. The van der Waals surface area contributed by atoms with Gasteiger partial charge in [0.25, 0.3) is 0 Å². The van der Waals surface area contributed by atoms with E-state index in [4.69, 9.17) is 0 Å². The molecule has 0 aliphatic rings. The number of nitrogens with zero attached hydrogens (tertiary/aromatic N) is 2. The molecular formula is C11H14BrFN2OS. The highest BCUT2D eigenvalue weighted by Gasteiger charge is 2.25. The van der Waals surface area contributed by atoms with Crippen LogP contribution in [0.4, 0.5) is 4.39 Å². The molecule has 0 aliphatic carbocycles. The molecule has 0 fully saturated rings. The Labute approximate surface area is 112 Å². The number of rotatable bonds is 3. The van der Waals surface area contributed by atoms with Crippen LogP contribution >= 0.6 is 15.9 Å². The molecule has 0 spiro atoms. The third-order valence-corrected chi connectivity index (χ3v) is 3.69. The number of pyridine rings is 1. The van der Waals surface area contributed by atoms with Crippen LogP contribution in [0.2, 0.25) is 0 Å². The molecule has 1 atom stereocenters. The van der Waals surface area contributed by atoms with E-state index in [0.717, 1.165) is 0 Å². The van der Waals surface area contributed by atoms with Gasteiger partial charge in [0.15, 0.2) is 0 Å². The van der Waals surface area contributed by atoms with Crippen LogP contribution in [0.25, 0.3) is 0 Å². The highest BCUT2D eigenvalue weighted by molar-refractivity contribution is 9.10. The Morgan fingerprint density at radius 3 is 2.76 bits per heavy atom. The van der Waals surface area contributed by atoms with E-state index in [1.165, 1.54) is 18.3 Å². The molecule has 1 heterocycles. The second-order valence-corrected chi connectivity index (χ2v) is 7.16. The largest absolute Gasteiger partial charge is 0.591 e. The molecule has 0 saturated heterocycles. The predicted molar refractivity (Wildman–Crippen MR) is 72.0 cm³/mol. The molecule has 0 amide bonds. The Bertz CT molecular complexity index is 420. The lowest BCUT2D eigenvalue weighted by molar-refractivity contribution is 0.561. The minimum absolute atomic E-state index is 0.229. The van der Waals surface area contributed by atoms with Gasteiger partial charge in [-0.2, -0.15) is 0 Å². The third kappa shape index (κ3) is 4.73. The topological polar surface area (TPSA) is 48.3 Å². The van der Waals surface area contributed by atoms with E-state index in [0.29, 0.717) is 4.60 Å². The Hall–Kier alpha value is -0.460. The lowest BCUT2D eigenvalue weighted by Gasteiger charge is -2.17. The summed E-state index contributed by atoms with van der Waals surface area (Å²) >= 11 is 1.85. The van der Waals surface area contributed by atoms with Crippen molar-refractivity contribution in [1.82, 2.24) is 4.98 Å². The molecule has 0 aliphatic heterocycles. The van der Waals surface area contributed by atoms with Crippen LogP contribution < -0.4 is 0 Å². The Morgan fingerprint density at radius 2 is 2.18 bits per heavy atom. The van der Waals surface area contributed by atoms with Crippen molar-refractivity contribution < 1.29 is 8.94 Å². The van der Waals surface area contributed by atoms with Crippen molar-refractivity contribution in [1.29, 1.82) is 0 Å². The van der Waals surface area contributed by atoms with Crippen molar-refractivity contribution in [3.8, 4) is 0 Å². The number of hydrogen-bond donors (Lipinski definition) is 0. The third-order valence-electron chi connectivity index (χ3n) is 1.86. The fourth-order valence-electron chi connectivity index (χ4n) is 0.950. The molecule has 3 nitrogen and oxygen atoms in total. The highest BCUT2D eigenvalue weighted by Crippen LogP contribution is 2.16. The molecule has 17 heavy (non-hydrogen) atoms. The summed E-state index contributed by atoms with van der Waals surface area (Å²) in [6.45, 7) is 5.50. The van der Waals surface area contributed by atoms with Gasteiger partial charge < -0.3 is 4.55 Å². The maximum Gasteiger partial charge on any atom is 0.145 e. The molecule has 0 N–H and O–H groups in total. The van der Waals surface area contributed by atoms with E-state index in [1.807, 2.05) is 20.8 Å². The zero-order chi connectivity index (χ0) is 13.1. The number of aromatic nitrogens is 1. The first-order valence-electron chi connectivity index (χ1n) is 5.06. The van der Waals surface area contributed by atoms with E-state index in [9.17, 15) is 8.94 Å². The van der Waals surface area contributed by atoms with Crippen molar-refractivity contribution in [2.24, 2.45) is 4.40 Å². The predicted octanol–water partition coefficient (Wildman–Crippen LogP) is 3.06. The molecular weight excluding hydrogens is 307 g/mol. The van der Waals surface area contributed by atoms with Crippen LogP contribution in [0.1, 0.15) is 26.5 Å². The summed E-state index contributed by atoms with van der Waals surface area (Å²) in [7, 11) is 0. The molecule has 0 aromatic carbocycles. The highest BCUT2D eigenvalue weighted by atomic mass is 79.9. The maximum atomic E-state index is 13.3. The molecule has 1 aromatic rings. The SMILES string of the molecule is CC(C)(C)[S@@+]([O-])/N=C/Cc1nc(Br)ccc1F. The summed E-state index contributed by atoms with van der Waals surface area (Å²) in [5.74, 6) is -0.388. The van der Waals surface area contributed by atoms with Gasteiger partial charge in [0.1, 0.15) is 26.5 Å². The van der Waals surface area contributed by atoms with Crippen LogP contribution in [-0.2, 0) is 17.8 Å². The fourth-order valence-corrected chi connectivity index (χ4v) is 1.82. The molecule has 0 bridgehead atoms. The Kier molecular flexibility index (Phi) is 5.09. The van der Waals surface area contributed by atoms with E-state index >= 15 is 0 Å². The summed E-state index contributed by atoms with van der Waals surface area (Å²) in [4.78, 5) is 3.98. The van der Waals surface area contributed by atoms with Crippen LogP contribution in [-0.4, -0.2) is 20.5 Å². The molecule has 6 heteroatoms. The van der Waals surface area contributed by atoms with Crippen molar-refractivity contribution in [3.05, 3.63) is 28.2 Å². The summed E-state index contributed by atoms with van der Waals surface area (Å²) < 4.78 is 29.0. The molecule has 0 unspecified atom stereocenters. The molecule has 94 valence electrons. The number of halogens is 2. The minimum Gasteiger partial charge on any atom is -0.591 e. The molecule has 0 saturated carbocycles. The summed E-state index contributed by atoms with van der Waals surface area (Å²) in [5, 5.41) is 0. The summed E-state index contributed by atoms with van der Waals surface area (Å²) in [6.07, 6.45) is 1.67. The van der Waals surface area contributed by atoms with E-state index < -0.39 is 16.1 Å². The average molecular weight is 321 g/mol. The quantitative estimate of drug-likeness (QED) is 0.488. The van der Waals surface area contributed by atoms with Crippen LogP contribution in [0.3, 0.4) is 0 Å². The van der Waals surface area contributed by atoms with Crippen molar-refractivity contribution in [2.45, 2.75) is 31.9 Å². The average Bonchev–Trinajstić information content (AvgIpc) is 2.21. The van der Waals surface area contributed by atoms with Gasteiger partial charge in [-0.3, -0.25) is 0 Å². The minimum atomic E-state index is -1.32. The second kappa shape index (κ2) is 5.93. The van der Waals surface area contributed by atoms with Crippen LogP contribution in [0.15, 0.2) is 21.1 Å². The van der Waals surface area contributed by atoms with Gasteiger partial charge in [-0.1, -0.05) is 4.40 Å². The molecule has 0 radical (unpaired) electrons. The summed E-state index contributed by atoms with van der Waals surface area (Å²) in [6, 6.07) is 2.87. The van der Waals surface area contributed by atoms with Crippen LogP contribution in [0, 0.1) is 5.82 Å². The zero-order valence-electron chi connectivity index (χ0n) is 9.91. The van der Waals surface area contributed by atoms with Gasteiger partial charge >= 0.3 is 0 Å². The van der Waals surface area contributed by atoms with Gasteiger partial charge in [-0.25, -0.2) is 9.37 Å². The van der Waals surface area contributed by atoms with Gasteiger partial charge in [-0.05, 0) is 48.8 Å². The lowest BCUT2D eigenvalue weighted by Crippen LogP contribution is -2.25. The van der Waals surface area contributed by atoms with Crippen molar-refractivity contribution in [3.63, 3.8) is 0 Å². The van der Waals surface area contributed by atoms with Gasteiger partial charge in [0.05, 0.1) is 11.9 Å². The van der Waals surface area contributed by atoms with Gasteiger partial charge in [-0.15, -0.1) is 0 Å². The Morgan fingerprint density at radius 1 is 1.53 bits per heavy atom. The second-order valence-electron chi connectivity index (χ2n) is 4.42. The monoisotopic (exact) mass is 320 g/mol. The molecule has 1 rings (SSSR count). The summed E-state index contributed by atoms with van der Waals surface area (Å²) in [5.41, 5.74) is 0.286. The number of hydrogen-bond acceptors (Lipinski definition) is 3. The van der Waals surface area contributed by atoms with Gasteiger partial charge in [0, 0.05) is 6.42 Å². The van der Waals surface area contributed by atoms with E-state index in [-0.39, 0.29) is 17.9 Å². The van der Waals surface area contributed by atoms with E-state index in [1.54, 1.807) is 0 Å². The standard InChI is InChI=1S/C11H14BrFN2OS/c1-11(2,3)17(16)14-7-6-9-8(13)4-5-10(12)15-9/h4-5,7H,6H2,1-3H3/b14-7+/t17-/m1/s1. The lowest BCUT2D eigenvalue weighted by atomic mass is 10.3. The van der Waals surface area contributed by atoms with E-state index in [2.05, 4.69) is 25.3 Å². The van der Waals surface area contributed by atoms with Crippen molar-refractivity contribution in [2.75, 3.05) is 0 Å². The first kappa shape index (κ1) is 14.6. The van der Waals surface area contributed by atoms with Crippen LogP contribution in [0.5, 0.6) is 0 Å². The van der Waals surface area contributed by atoms with Gasteiger partial charge in [0.2, 0.25) is 0 Å². The smallest absolute Gasteiger partial charge is 0.145 e.